The molecule has 0 radical (unpaired) electrons. The second-order valence-electron chi connectivity index (χ2n) is 5.53. The van der Waals surface area contributed by atoms with E-state index in [1.807, 2.05) is 13.0 Å². The summed E-state index contributed by atoms with van der Waals surface area (Å²) in [5.41, 5.74) is 0.570. The number of hydrogen-bond donors (Lipinski definition) is 2. The van der Waals surface area contributed by atoms with Gasteiger partial charge in [0.05, 0.1) is 32.4 Å². The monoisotopic (exact) mass is 349 g/mol. The lowest BCUT2D eigenvalue weighted by molar-refractivity contribution is -0.146. The average molecular weight is 349 g/mol. The lowest BCUT2D eigenvalue weighted by Crippen LogP contribution is -2.57. The highest BCUT2D eigenvalue weighted by atomic mass is 16.5. The minimum atomic E-state index is -0.714. The van der Waals surface area contributed by atoms with Crippen LogP contribution in [0.3, 0.4) is 0 Å². The van der Waals surface area contributed by atoms with E-state index in [4.69, 9.17) is 4.74 Å². The molecule has 1 aromatic carbocycles. The maximum atomic E-state index is 12.4. The Balaban J connectivity index is 2.02. The van der Waals surface area contributed by atoms with Crippen LogP contribution in [-0.4, -0.2) is 62.1 Å². The Bertz CT molecular complexity index is 634. The number of piperazine rings is 1. The number of carbonyl (C=O) groups excluding carboxylic acids is 3. The Hall–Kier alpha value is -2.61. The van der Waals surface area contributed by atoms with Crippen molar-refractivity contribution in [2.45, 2.75) is 19.4 Å². The lowest BCUT2D eigenvalue weighted by Gasteiger charge is -2.33. The fourth-order valence-electron chi connectivity index (χ4n) is 2.64. The van der Waals surface area contributed by atoms with Gasteiger partial charge in [-0.2, -0.15) is 0 Å². The van der Waals surface area contributed by atoms with Gasteiger partial charge in [0.15, 0.2) is 0 Å². The van der Waals surface area contributed by atoms with Crippen molar-refractivity contribution in [1.29, 1.82) is 0 Å². The van der Waals surface area contributed by atoms with Gasteiger partial charge in [0.25, 0.3) is 0 Å². The number of anilines is 1. The highest BCUT2D eigenvalue weighted by Crippen LogP contribution is 2.23. The van der Waals surface area contributed by atoms with Crippen LogP contribution in [0.15, 0.2) is 24.3 Å². The van der Waals surface area contributed by atoms with Crippen molar-refractivity contribution < 1.29 is 23.9 Å². The maximum absolute atomic E-state index is 12.4. The molecule has 1 heterocycles. The number of methoxy groups -OCH3 is 1. The molecule has 2 amide bonds. The zero-order valence-corrected chi connectivity index (χ0v) is 14.4. The number of ether oxygens (including phenoxy) is 2. The molecule has 0 unspecified atom stereocenters. The summed E-state index contributed by atoms with van der Waals surface area (Å²) in [6.07, 6.45) is -0.0921. The summed E-state index contributed by atoms with van der Waals surface area (Å²) in [5.74, 6) is -0.467. The molecule has 0 aliphatic carbocycles. The molecule has 1 saturated heterocycles. The molecule has 0 saturated carbocycles. The molecule has 8 heteroatoms. The third-order valence-corrected chi connectivity index (χ3v) is 3.84. The molecule has 0 bridgehead atoms. The van der Waals surface area contributed by atoms with E-state index >= 15 is 0 Å². The van der Waals surface area contributed by atoms with E-state index in [0.29, 0.717) is 31.1 Å². The molecule has 1 fully saturated rings. The summed E-state index contributed by atoms with van der Waals surface area (Å²) < 4.78 is 10.1. The number of para-hydroxylation sites is 2. The first-order valence-corrected chi connectivity index (χ1v) is 8.15. The first kappa shape index (κ1) is 18.7. The zero-order chi connectivity index (χ0) is 18.2. The van der Waals surface area contributed by atoms with Gasteiger partial charge in [-0.3, -0.25) is 19.3 Å². The predicted molar refractivity (Wildman–Crippen MR) is 91.2 cm³/mol. The fraction of sp³-hybridized carbons (Fsp3) is 0.471. The van der Waals surface area contributed by atoms with E-state index in [1.54, 1.807) is 23.1 Å². The topological polar surface area (TPSA) is 97.0 Å². The summed E-state index contributed by atoms with van der Waals surface area (Å²) in [6.45, 7) is 3.26. The lowest BCUT2D eigenvalue weighted by atomic mass is 10.1. The van der Waals surface area contributed by atoms with Crippen LogP contribution in [0, 0.1) is 0 Å². The van der Waals surface area contributed by atoms with Crippen LogP contribution in [0.5, 0.6) is 5.75 Å². The number of hydrogen-bond acceptors (Lipinski definition) is 6. The molecule has 8 nitrogen and oxygen atoms in total. The van der Waals surface area contributed by atoms with Gasteiger partial charge in [-0.25, -0.2) is 0 Å². The van der Waals surface area contributed by atoms with E-state index in [0.717, 1.165) is 0 Å². The van der Waals surface area contributed by atoms with Crippen molar-refractivity contribution in [3.8, 4) is 5.75 Å². The number of nitrogens with zero attached hydrogens (tertiary/aromatic N) is 1. The minimum Gasteiger partial charge on any atom is -0.492 e. The average Bonchev–Trinajstić information content (AvgIpc) is 2.59. The predicted octanol–water partition coefficient (Wildman–Crippen LogP) is 0.387. The fourth-order valence-corrected chi connectivity index (χ4v) is 2.64. The van der Waals surface area contributed by atoms with Crippen LogP contribution in [0.25, 0.3) is 0 Å². The molecule has 0 spiro atoms. The molecule has 1 aromatic rings. The van der Waals surface area contributed by atoms with E-state index in [9.17, 15) is 14.4 Å². The molecule has 2 rings (SSSR count). The second-order valence-corrected chi connectivity index (χ2v) is 5.53. The van der Waals surface area contributed by atoms with Gasteiger partial charge in [-0.05, 0) is 19.1 Å². The van der Waals surface area contributed by atoms with E-state index in [1.165, 1.54) is 7.11 Å². The van der Waals surface area contributed by atoms with Crippen molar-refractivity contribution in [1.82, 2.24) is 10.2 Å². The summed E-state index contributed by atoms with van der Waals surface area (Å²) in [6, 6.07) is 6.42. The molecular weight excluding hydrogens is 326 g/mol. The van der Waals surface area contributed by atoms with Gasteiger partial charge in [-0.15, -0.1) is 0 Å². The first-order valence-electron chi connectivity index (χ1n) is 8.15. The van der Waals surface area contributed by atoms with Gasteiger partial charge >= 0.3 is 5.97 Å². The van der Waals surface area contributed by atoms with Crippen LogP contribution in [0.2, 0.25) is 0 Å². The normalized spacial score (nSPS) is 17.5. The Labute approximate surface area is 146 Å². The maximum Gasteiger partial charge on any atom is 0.307 e. The highest BCUT2D eigenvalue weighted by Gasteiger charge is 2.33. The second kappa shape index (κ2) is 9.03. The van der Waals surface area contributed by atoms with Crippen LogP contribution in [0.1, 0.15) is 13.3 Å². The summed E-state index contributed by atoms with van der Waals surface area (Å²) in [5, 5.41) is 5.49. The third kappa shape index (κ3) is 5.18. The van der Waals surface area contributed by atoms with Crippen LogP contribution < -0.4 is 15.4 Å². The number of nitrogens with one attached hydrogen (secondary N) is 2. The van der Waals surface area contributed by atoms with Crippen molar-refractivity contribution >= 4 is 23.5 Å². The SMILES string of the molecule is CCOc1ccccc1NC(=O)CN1CCNC(=O)[C@@H]1CC(=O)OC. The molecule has 1 aliphatic heterocycles. The third-order valence-electron chi connectivity index (χ3n) is 3.84. The van der Waals surface area contributed by atoms with Gasteiger partial charge in [0.2, 0.25) is 11.8 Å². The molecule has 25 heavy (non-hydrogen) atoms. The Morgan fingerprint density at radius 1 is 1.36 bits per heavy atom. The minimum absolute atomic E-state index is 0.00442. The summed E-state index contributed by atoms with van der Waals surface area (Å²) >= 11 is 0. The molecular formula is C17H23N3O5. The molecule has 2 N–H and O–H groups in total. The van der Waals surface area contributed by atoms with E-state index in [-0.39, 0.29) is 24.8 Å². The number of carbonyl (C=O) groups is 3. The van der Waals surface area contributed by atoms with Gasteiger partial charge in [-0.1, -0.05) is 12.1 Å². The van der Waals surface area contributed by atoms with Crippen LogP contribution >= 0.6 is 0 Å². The summed E-state index contributed by atoms with van der Waals surface area (Å²) in [4.78, 5) is 37.6. The number of rotatable bonds is 7. The van der Waals surface area contributed by atoms with E-state index in [2.05, 4.69) is 15.4 Å². The summed E-state index contributed by atoms with van der Waals surface area (Å²) in [7, 11) is 1.27. The van der Waals surface area contributed by atoms with Gasteiger partial charge in [0, 0.05) is 13.1 Å². The highest BCUT2D eigenvalue weighted by molar-refractivity contribution is 5.94. The van der Waals surface area contributed by atoms with Crippen LogP contribution in [-0.2, 0) is 19.1 Å². The Kier molecular flexibility index (Phi) is 6.76. The number of esters is 1. The smallest absolute Gasteiger partial charge is 0.307 e. The van der Waals surface area contributed by atoms with Gasteiger partial charge in [0.1, 0.15) is 11.8 Å². The largest absolute Gasteiger partial charge is 0.492 e. The molecule has 1 atom stereocenters. The quantitative estimate of drug-likeness (QED) is 0.691. The van der Waals surface area contributed by atoms with Crippen molar-refractivity contribution in [2.24, 2.45) is 0 Å². The van der Waals surface area contributed by atoms with Gasteiger partial charge < -0.3 is 20.1 Å². The van der Waals surface area contributed by atoms with Crippen molar-refractivity contribution in [3.05, 3.63) is 24.3 Å². The first-order chi connectivity index (χ1) is 12.0. The Morgan fingerprint density at radius 2 is 2.12 bits per heavy atom. The number of amides is 2. The Morgan fingerprint density at radius 3 is 2.84 bits per heavy atom. The number of benzene rings is 1. The molecule has 0 aromatic heterocycles. The van der Waals surface area contributed by atoms with Crippen LogP contribution in [0.4, 0.5) is 5.69 Å². The molecule has 136 valence electrons. The standard InChI is InChI=1S/C17H23N3O5/c1-3-25-14-7-5-4-6-12(14)19-15(21)11-20-9-8-18-17(23)13(20)10-16(22)24-2/h4-7,13H,3,8-11H2,1-2H3,(H,18,23)(H,19,21)/t13-/m0/s1. The van der Waals surface area contributed by atoms with E-state index < -0.39 is 12.0 Å². The molecule has 1 aliphatic rings. The van der Waals surface area contributed by atoms with Crippen molar-refractivity contribution in [3.63, 3.8) is 0 Å². The zero-order valence-electron chi connectivity index (χ0n) is 14.4. The van der Waals surface area contributed by atoms with Crippen molar-refractivity contribution in [2.75, 3.05) is 38.7 Å².